The summed E-state index contributed by atoms with van der Waals surface area (Å²) in [7, 11) is 0. The van der Waals surface area contributed by atoms with Gasteiger partial charge in [-0.2, -0.15) is 0 Å². The summed E-state index contributed by atoms with van der Waals surface area (Å²) >= 11 is 0. The lowest BCUT2D eigenvalue weighted by Gasteiger charge is -2.06. The Hall–Kier alpha value is -3.30. The van der Waals surface area contributed by atoms with Crippen molar-refractivity contribution < 1.29 is 9.85 Å². The molecule has 0 saturated carbocycles. The highest BCUT2D eigenvalue weighted by Crippen LogP contribution is 2.13. The molecule has 0 unspecified atom stereocenters. The van der Waals surface area contributed by atoms with E-state index in [4.69, 9.17) is 0 Å². The van der Waals surface area contributed by atoms with Crippen LogP contribution >= 0.6 is 0 Å². The first-order valence-corrected chi connectivity index (χ1v) is 8.25. The minimum atomic E-state index is -0.475. The molecule has 0 amide bonds. The Bertz CT molecular complexity index is 657. The summed E-state index contributed by atoms with van der Waals surface area (Å²) < 4.78 is 0. The zero-order valence-corrected chi connectivity index (χ0v) is 14.1. The molecule has 0 bridgehead atoms. The van der Waals surface area contributed by atoms with Crippen molar-refractivity contribution in [3.05, 3.63) is 56.9 Å². The predicted octanol–water partition coefficient (Wildman–Crippen LogP) is 3.38. The first-order chi connectivity index (χ1) is 12.6. The Kier molecular flexibility index (Phi) is 7.22. The molecule has 2 heterocycles. The molecule has 0 spiro atoms. The second kappa shape index (κ2) is 9.87. The lowest BCUT2D eigenvalue weighted by atomic mass is 10.2. The SMILES string of the molecule is O=[N+]([O-])c1ccc(NCCCCCCNc2ccc([N+](=O)[O-])cn2)nc1. The molecule has 10 nitrogen and oxygen atoms in total. The second-order valence-electron chi connectivity index (χ2n) is 5.59. The number of anilines is 2. The molecular weight excluding hydrogens is 340 g/mol. The molecule has 0 atom stereocenters. The number of nitro groups is 2. The van der Waals surface area contributed by atoms with E-state index in [1.807, 2.05) is 0 Å². The Morgan fingerprint density at radius 1 is 0.731 bits per heavy atom. The average molecular weight is 360 g/mol. The van der Waals surface area contributed by atoms with Crippen molar-refractivity contribution in [1.29, 1.82) is 0 Å². The standard InChI is InChI=1S/C16H20N6O4/c23-21(24)13-5-7-15(19-11-13)17-9-3-1-2-4-10-18-16-8-6-14(12-20-16)22(25)26/h5-8,11-12H,1-4,9-10H2,(H,17,19)(H,18,20). The molecule has 10 heteroatoms. The highest BCUT2D eigenvalue weighted by Gasteiger charge is 2.05. The van der Waals surface area contributed by atoms with Crippen LogP contribution < -0.4 is 10.6 Å². The predicted molar refractivity (Wildman–Crippen MR) is 97.2 cm³/mol. The third-order valence-electron chi connectivity index (χ3n) is 3.63. The van der Waals surface area contributed by atoms with Crippen LogP contribution in [0.1, 0.15) is 25.7 Å². The van der Waals surface area contributed by atoms with Crippen molar-refractivity contribution in [2.45, 2.75) is 25.7 Å². The molecule has 0 saturated heterocycles. The van der Waals surface area contributed by atoms with Crippen LogP contribution in [-0.2, 0) is 0 Å². The van der Waals surface area contributed by atoms with Crippen molar-refractivity contribution in [2.75, 3.05) is 23.7 Å². The van der Waals surface area contributed by atoms with Crippen LogP contribution in [0.5, 0.6) is 0 Å². The average Bonchev–Trinajstić information content (AvgIpc) is 2.64. The van der Waals surface area contributed by atoms with Crippen LogP contribution in [0.4, 0.5) is 23.0 Å². The molecule has 0 fully saturated rings. The summed E-state index contributed by atoms with van der Waals surface area (Å²) in [6.07, 6.45) is 6.48. The van der Waals surface area contributed by atoms with Crippen molar-refractivity contribution >= 4 is 23.0 Å². The number of hydrogen-bond donors (Lipinski definition) is 2. The molecular formula is C16H20N6O4. The van der Waals surface area contributed by atoms with Crippen molar-refractivity contribution in [2.24, 2.45) is 0 Å². The largest absolute Gasteiger partial charge is 0.370 e. The fourth-order valence-corrected chi connectivity index (χ4v) is 2.23. The summed E-state index contributed by atoms with van der Waals surface area (Å²) in [4.78, 5) is 28.1. The van der Waals surface area contributed by atoms with E-state index >= 15 is 0 Å². The van der Waals surface area contributed by atoms with E-state index in [1.54, 1.807) is 12.1 Å². The summed E-state index contributed by atoms with van der Waals surface area (Å²) in [6, 6.07) is 6.04. The van der Waals surface area contributed by atoms with Gasteiger partial charge in [0, 0.05) is 25.2 Å². The van der Waals surface area contributed by atoms with Crippen LogP contribution in [0, 0.1) is 20.2 Å². The van der Waals surface area contributed by atoms with Gasteiger partial charge in [-0.25, -0.2) is 9.97 Å². The maximum Gasteiger partial charge on any atom is 0.287 e. The molecule has 2 N–H and O–H groups in total. The van der Waals surface area contributed by atoms with E-state index in [0.717, 1.165) is 38.8 Å². The van der Waals surface area contributed by atoms with E-state index in [-0.39, 0.29) is 11.4 Å². The van der Waals surface area contributed by atoms with Crippen LogP contribution in [0.3, 0.4) is 0 Å². The van der Waals surface area contributed by atoms with Crippen LogP contribution in [0.25, 0.3) is 0 Å². The zero-order chi connectivity index (χ0) is 18.8. The van der Waals surface area contributed by atoms with Crippen LogP contribution in [-0.4, -0.2) is 32.9 Å². The van der Waals surface area contributed by atoms with Crippen LogP contribution in [0.15, 0.2) is 36.7 Å². The molecule has 0 aliphatic carbocycles. The molecule has 26 heavy (non-hydrogen) atoms. The van der Waals surface area contributed by atoms with Crippen molar-refractivity contribution in [1.82, 2.24) is 9.97 Å². The molecule has 138 valence electrons. The fourth-order valence-electron chi connectivity index (χ4n) is 2.23. The summed E-state index contributed by atoms with van der Waals surface area (Å²) in [6.45, 7) is 1.50. The van der Waals surface area contributed by atoms with E-state index in [9.17, 15) is 20.2 Å². The van der Waals surface area contributed by atoms with Gasteiger partial charge in [-0.3, -0.25) is 20.2 Å². The van der Waals surface area contributed by atoms with Gasteiger partial charge < -0.3 is 10.6 Å². The van der Waals surface area contributed by atoms with Gasteiger partial charge in [-0.05, 0) is 25.0 Å². The molecule has 0 radical (unpaired) electrons. The number of hydrogen-bond acceptors (Lipinski definition) is 8. The van der Waals surface area contributed by atoms with Gasteiger partial charge in [-0.1, -0.05) is 12.8 Å². The van der Waals surface area contributed by atoms with Crippen molar-refractivity contribution in [3.63, 3.8) is 0 Å². The monoisotopic (exact) mass is 360 g/mol. The van der Waals surface area contributed by atoms with Gasteiger partial charge in [0.2, 0.25) is 0 Å². The Morgan fingerprint density at radius 3 is 1.46 bits per heavy atom. The normalized spacial score (nSPS) is 10.3. The quantitative estimate of drug-likeness (QED) is 0.353. The van der Waals surface area contributed by atoms with Crippen molar-refractivity contribution in [3.8, 4) is 0 Å². The lowest BCUT2D eigenvalue weighted by Crippen LogP contribution is -2.05. The first-order valence-electron chi connectivity index (χ1n) is 8.25. The number of nitrogens with one attached hydrogen (secondary N) is 2. The molecule has 0 aliphatic heterocycles. The third-order valence-corrected chi connectivity index (χ3v) is 3.63. The highest BCUT2D eigenvalue weighted by atomic mass is 16.6. The first kappa shape index (κ1) is 19.0. The van der Waals surface area contributed by atoms with E-state index in [2.05, 4.69) is 20.6 Å². The van der Waals surface area contributed by atoms with Gasteiger partial charge in [0.05, 0.1) is 9.85 Å². The van der Waals surface area contributed by atoms with Gasteiger partial charge >= 0.3 is 0 Å². The van der Waals surface area contributed by atoms with E-state index in [1.165, 1.54) is 24.5 Å². The zero-order valence-electron chi connectivity index (χ0n) is 14.1. The molecule has 2 aromatic heterocycles. The minimum Gasteiger partial charge on any atom is -0.370 e. The lowest BCUT2D eigenvalue weighted by molar-refractivity contribution is -0.385. The summed E-state index contributed by atoms with van der Waals surface area (Å²) in [5, 5.41) is 27.3. The summed E-state index contributed by atoms with van der Waals surface area (Å²) in [5.74, 6) is 1.25. The number of pyridine rings is 2. The van der Waals surface area contributed by atoms with E-state index < -0.39 is 9.85 Å². The minimum absolute atomic E-state index is 0.0226. The summed E-state index contributed by atoms with van der Waals surface area (Å²) in [5.41, 5.74) is -0.0453. The highest BCUT2D eigenvalue weighted by molar-refractivity contribution is 5.40. The van der Waals surface area contributed by atoms with Gasteiger partial charge in [-0.15, -0.1) is 0 Å². The van der Waals surface area contributed by atoms with Gasteiger partial charge in [0.25, 0.3) is 11.4 Å². The number of nitrogens with zero attached hydrogens (tertiary/aromatic N) is 4. The number of unbranched alkanes of at least 4 members (excludes halogenated alkanes) is 3. The maximum absolute atomic E-state index is 10.5. The Morgan fingerprint density at radius 2 is 1.15 bits per heavy atom. The number of aromatic nitrogens is 2. The van der Waals surface area contributed by atoms with Gasteiger partial charge in [0.15, 0.2) is 0 Å². The Labute approximate surface area is 150 Å². The van der Waals surface area contributed by atoms with E-state index in [0.29, 0.717) is 11.6 Å². The molecule has 0 aromatic carbocycles. The molecule has 2 aromatic rings. The smallest absolute Gasteiger partial charge is 0.287 e. The second-order valence-corrected chi connectivity index (χ2v) is 5.59. The topological polar surface area (TPSA) is 136 Å². The van der Waals surface area contributed by atoms with Crippen LogP contribution in [0.2, 0.25) is 0 Å². The Balaban J connectivity index is 1.52. The maximum atomic E-state index is 10.5. The number of rotatable bonds is 11. The fraction of sp³-hybridized carbons (Fsp3) is 0.375. The molecule has 2 rings (SSSR count). The third kappa shape index (κ3) is 6.30. The molecule has 0 aliphatic rings. The van der Waals surface area contributed by atoms with Gasteiger partial charge in [0.1, 0.15) is 24.0 Å².